The van der Waals surface area contributed by atoms with E-state index in [9.17, 15) is 0 Å². The molecule has 0 saturated heterocycles. The van der Waals surface area contributed by atoms with E-state index in [0.29, 0.717) is 0 Å². The van der Waals surface area contributed by atoms with Crippen LogP contribution >= 0.6 is 0 Å². The molecule has 0 amide bonds. The fourth-order valence-corrected chi connectivity index (χ4v) is 11.0. The first-order chi connectivity index (χ1) is 30.3. The maximum Gasteiger partial charge on any atom is 0.0619 e. The Morgan fingerprint density at radius 2 is 0.855 bits per heavy atom. The molecule has 0 fully saturated rings. The summed E-state index contributed by atoms with van der Waals surface area (Å²) >= 11 is 0. The fourth-order valence-electron chi connectivity index (χ4n) is 11.0. The van der Waals surface area contributed by atoms with Crippen molar-refractivity contribution in [1.82, 2.24) is 4.57 Å². The molecule has 0 bridgehead atoms. The molecule has 2 aliphatic carbocycles. The van der Waals surface area contributed by atoms with Gasteiger partial charge >= 0.3 is 0 Å². The second kappa shape index (κ2) is 13.5. The Morgan fingerprint density at radius 3 is 1.44 bits per heavy atom. The summed E-state index contributed by atoms with van der Waals surface area (Å²) in [4.78, 5) is 2.49. The minimum absolute atomic E-state index is 0.125. The van der Waals surface area contributed by atoms with Gasteiger partial charge in [0.2, 0.25) is 0 Å². The third kappa shape index (κ3) is 5.29. The van der Waals surface area contributed by atoms with Crippen molar-refractivity contribution >= 4 is 38.7 Å². The first-order valence-corrected chi connectivity index (χ1v) is 21.9. The quantitative estimate of drug-likeness (QED) is 0.163. The van der Waals surface area contributed by atoms with E-state index in [1.165, 1.54) is 88.6 Å². The summed E-state index contributed by atoms with van der Waals surface area (Å²) in [5.41, 5.74) is 21.2. The first-order valence-electron chi connectivity index (χ1n) is 21.9. The van der Waals surface area contributed by atoms with Crippen molar-refractivity contribution in [3.05, 3.63) is 229 Å². The Bertz CT molecular complexity index is 3280. The van der Waals surface area contributed by atoms with Gasteiger partial charge in [-0.25, -0.2) is 0 Å². The molecule has 1 aromatic heterocycles. The van der Waals surface area contributed by atoms with Crippen molar-refractivity contribution in [1.29, 1.82) is 0 Å². The molecule has 0 N–H and O–H groups in total. The number of rotatable bonds is 6. The minimum atomic E-state index is -0.125. The molecular weight excluding hydrogens is 749 g/mol. The SMILES string of the molecule is CC1(C)c2ccccc2-c2ccc(N(c3ccc4c(c3)C(C)(C)c3ccccc3-4)c3ccc4c(ccc5c4c(-c4ccccc4)c(-c4ccccc4)n5-c4ccccc4)c3)cc21. The summed E-state index contributed by atoms with van der Waals surface area (Å²) in [6.45, 7) is 9.49. The summed E-state index contributed by atoms with van der Waals surface area (Å²) in [5.74, 6) is 0. The molecule has 0 radical (unpaired) electrons. The maximum absolute atomic E-state index is 2.49. The van der Waals surface area contributed by atoms with Gasteiger partial charge in [-0.15, -0.1) is 0 Å². The highest BCUT2D eigenvalue weighted by Gasteiger charge is 2.38. The van der Waals surface area contributed by atoms with Crippen LogP contribution in [0.1, 0.15) is 49.9 Å². The number of benzene rings is 9. The lowest BCUT2D eigenvalue weighted by atomic mass is 9.82. The molecule has 2 aliphatic rings. The van der Waals surface area contributed by atoms with Gasteiger partial charge in [0, 0.05) is 44.5 Å². The van der Waals surface area contributed by atoms with Crippen LogP contribution in [0.4, 0.5) is 17.1 Å². The van der Waals surface area contributed by atoms with Crippen LogP contribution in [-0.2, 0) is 10.8 Å². The van der Waals surface area contributed by atoms with Gasteiger partial charge in [0.15, 0.2) is 0 Å². The lowest BCUT2D eigenvalue weighted by Gasteiger charge is -2.30. The lowest BCUT2D eigenvalue weighted by molar-refractivity contribution is 0.660. The van der Waals surface area contributed by atoms with Crippen LogP contribution in [0.3, 0.4) is 0 Å². The second-order valence-electron chi connectivity index (χ2n) is 18.1. The summed E-state index contributed by atoms with van der Waals surface area (Å²) in [7, 11) is 0. The predicted molar refractivity (Wildman–Crippen MR) is 261 cm³/mol. The number of fused-ring (bicyclic) bond motifs is 9. The van der Waals surface area contributed by atoms with Gasteiger partial charge < -0.3 is 9.47 Å². The third-order valence-corrected chi connectivity index (χ3v) is 14.0. The Hall–Kier alpha value is -7.42. The Kier molecular flexibility index (Phi) is 7.96. The molecule has 2 nitrogen and oxygen atoms in total. The molecule has 2 heteroatoms. The number of nitrogens with zero attached hydrogens (tertiary/aromatic N) is 2. The van der Waals surface area contributed by atoms with Crippen molar-refractivity contribution in [3.63, 3.8) is 0 Å². The molecule has 1 heterocycles. The van der Waals surface area contributed by atoms with Gasteiger partial charge in [-0.05, 0) is 121 Å². The van der Waals surface area contributed by atoms with Gasteiger partial charge in [0.1, 0.15) is 0 Å². The van der Waals surface area contributed by atoms with Gasteiger partial charge in [0.05, 0.1) is 11.2 Å². The first kappa shape index (κ1) is 36.4. The lowest BCUT2D eigenvalue weighted by Crippen LogP contribution is -2.18. The summed E-state index contributed by atoms with van der Waals surface area (Å²) in [6, 6.07) is 76.5. The van der Waals surface area contributed by atoms with Crippen molar-refractivity contribution < 1.29 is 0 Å². The molecule has 0 atom stereocenters. The highest BCUT2D eigenvalue weighted by Crippen LogP contribution is 2.54. The van der Waals surface area contributed by atoms with Crippen LogP contribution in [0, 0.1) is 0 Å². The summed E-state index contributed by atoms with van der Waals surface area (Å²) in [6.07, 6.45) is 0. The van der Waals surface area contributed by atoms with E-state index in [4.69, 9.17) is 0 Å². The largest absolute Gasteiger partial charge is 0.310 e. The smallest absolute Gasteiger partial charge is 0.0619 e. The number of anilines is 3. The molecule has 0 unspecified atom stereocenters. The van der Waals surface area contributed by atoms with Crippen LogP contribution in [0.2, 0.25) is 0 Å². The monoisotopic (exact) mass is 794 g/mol. The number of para-hydroxylation sites is 1. The molecule has 10 aromatic rings. The van der Waals surface area contributed by atoms with E-state index < -0.39 is 0 Å². The molecule has 296 valence electrons. The van der Waals surface area contributed by atoms with E-state index >= 15 is 0 Å². The van der Waals surface area contributed by atoms with E-state index in [-0.39, 0.29) is 10.8 Å². The van der Waals surface area contributed by atoms with E-state index in [1.54, 1.807) is 0 Å². The van der Waals surface area contributed by atoms with E-state index in [1.807, 2.05) is 0 Å². The van der Waals surface area contributed by atoms with Crippen LogP contribution in [-0.4, -0.2) is 4.57 Å². The number of aromatic nitrogens is 1. The van der Waals surface area contributed by atoms with Crippen LogP contribution in [0.15, 0.2) is 206 Å². The molecular formula is C60H46N2. The number of hydrogen-bond donors (Lipinski definition) is 0. The standard InChI is InChI=1S/C60H46N2/c1-59(2)51-26-16-14-24-47(51)49-33-30-44(37-53(49)59)61(45-31-34-50-48-25-15-17-27-52(48)60(3,4)54(50)38-45)43-29-32-46-41(36-43)28-35-55-57(46)56(39-18-8-5-9-19-39)58(40-20-10-6-11-21-40)62(55)42-22-12-7-13-23-42/h5-38H,1-4H3. The van der Waals surface area contributed by atoms with Crippen molar-refractivity contribution in [2.24, 2.45) is 0 Å². The van der Waals surface area contributed by atoms with Gasteiger partial charge in [-0.3, -0.25) is 0 Å². The predicted octanol–water partition coefficient (Wildman–Crippen LogP) is 16.2. The van der Waals surface area contributed by atoms with Crippen LogP contribution < -0.4 is 4.90 Å². The minimum Gasteiger partial charge on any atom is -0.310 e. The van der Waals surface area contributed by atoms with Gasteiger partial charge in [-0.2, -0.15) is 0 Å². The Balaban J connectivity index is 1.11. The molecule has 0 spiro atoms. The number of hydrogen-bond acceptors (Lipinski definition) is 1. The Morgan fingerprint density at radius 1 is 0.387 bits per heavy atom. The van der Waals surface area contributed by atoms with Crippen molar-refractivity contribution in [3.8, 4) is 50.3 Å². The Labute approximate surface area is 364 Å². The molecule has 0 saturated carbocycles. The van der Waals surface area contributed by atoms with Crippen molar-refractivity contribution in [2.75, 3.05) is 4.90 Å². The molecule has 12 rings (SSSR count). The van der Waals surface area contributed by atoms with E-state index in [0.717, 1.165) is 22.7 Å². The summed E-state index contributed by atoms with van der Waals surface area (Å²) in [5, 5.41) is 3.68. The normalized spacial score (nSPS) is 14.1. The highest BCUT2D eigenvalue weighted by molar-refractivity contribution is 6.19. The molecule has 0 aliphatic heterocycles. The van der Waals surface area contributed by atoms with E-state index in [2.05, 4.69) is 243 Å². The van der Waals surface area contributed by atoms with Crippen LogP contribution in [0.5, 0.6) is 0 Å². The fraction of sp³-hybridized carbons (Fsp3) is 0.100. The highest BCUT2D eigenvalue weighted by atomic mass is 15.1. The maximum atomic E-state index is 2.49. The third-order valence-electron chi connectivity index (χ3n) is 14.0. The van der Waals surface area contributed by atoms with Gasteiger partial charge in [-0.1, -0.05) is 179 Å². The average Bonchev–Trinajstić information content (AvgIpc) is 3.87. The zero-order valence-electron chi connectivity index (χ0n) is 35.5. The zero-order valence-corrected chi connectivity index (χ0v) is 35.5. The zero-order chi connectivity index (χ0) is 41.7. The molecule has 62 heavy (non-hydrogen) atoms. The van der Waals surface area contributed by atoms with Gasteiger partial charge in [0.25, 0.3) is 0 Å². The van der Waals surface area contributed by atoms with Crippen LogP contribution in [0.25, 0.3) is 72.0 Å². The second-order valence-corrected chi connectivity index (χ2v) is 18.1. The summed E-state index contributed by atoms with van der Waals surface area (Å²) < 4.78 is 2.46. The molecule has 9 aromatic carbocycles. The average molecular weight is 795 g/mol. The topological polar surface area (TPSA) is 8.17 Å². The van der Waals surface area contributed by atoms with Crippen molar-refractivity contribution in [2.45, 2.75) is 38.5 Å².